The zero-order valence-corrected chi connectivity index (χ0v) is 20.5. The number of esters is 1. The van der Waals surface area contributed by atoms with Gasteiger partial charge >= 0.3 is 17.8 Å². The molecule has 1 atom stereocenters. The van der Waals surface area contributed by atoms with Gasteiger partial charge in [0.25, 0.3) is 0 Å². The molecular weight excluding hydrogens is 492 g/mol. The Morgan fingerprint density at radius 1 is 1.23 bits per heavy atom. The highest BCUT2D eigenvalue weighted by Crippen LogP contribution is 2.36. The number of hydrogen-bond donors (Lipinski definition) is 2. The standard InChI is InChI=1S/C23H22N4O6S2/c1-3-32-23(29)17-13-18(14-8-5-4-6-9-14)34-22(17)24-19(28)21-26-25-20(33-21)15-10-7-11-16(12-15)27-35(2,30)31/h4-9,11-13,15,27H,3,10H2,1-2H3,(H,24,28). The van der Waals surface area contributed by atoms with Crippen molar-refractivity contribution in [2.24, 2.45) is 0 Å². The van der Waals surface area contributed by atoms with Crippen molar-refractivity contribution in [3.63, 3.8) is 0 Å². The Hall–Kier alpha value is -3.77. The zero-order chi connectivity index (χ0) is 25.0. The second kappa shape index (κ2) is 10.2. The molecule has 0 radical (unpaired) electrons. The van der Waals surface area contributed by atoms with Crippen LogP contribution in [0.4, 0.5) is 5.00 Å². The first-order valence-electron chi connectivity index (χ1n) is 10.6. The van der Waals surface area contributed by atoms with Crippen molar-refractivity contribution in [3.8, 4) is 10.4 Å². The van der Waals surface area contributed by atoms with Crippen LogP contribution in [-0.2, 0) is 14.8 Å². The molecule has 1 aliphatic carbocycles. The third kappa shape index (κ3) is 6.03. The predicted octanol–water partition coefficient (Wildman–Crippen LogP) is 3.70. The number of benzene rings is 1. The molecule has 12 heteroatoms. The van der Waals surface area contributed by atoms with Gasteiger partial charge in [-0.3, -0.25) is 9.52 Å². The average molecular weight is 515 g/mol. The van der Waals surface area contributed by atoms with Gasteiger partial charge in [-0.25, -0.2) is 13.2 Å². The van der Waals surface area contributed by atoms with Crippen LogP contribution in [0.2, 0.25) is 0 Å². The number of allylic oxidation sites excluding steroid dienone is 3. The van der Waals surface area contributed by atoms with Gasteiger partial charge < -0.3 is 14.5 Å². The number of amides is 1. The van der Waals surface area contributed by atoms with Gasteiger partial charge in [0.1, 0.15) is 5.00 Å². The number of rotatable bonds is 8. The molecule has 1 amide bonds. The van der Waals surface area contributed by atoms with Crippen molar-refractivity contribution in [2.75, 3.05) is 18.2 Å². The lowest BCUT2D eigenvalue weighted by Gasteiger charge is -2.13. The van der Waals surface area contributed by atoms with Crippen LogP contribution in [0.5, 0.6) is 0 Å². The fraction of sp³-hybridized carbons (Fsp3) is 0.217. The van der Waals surface area contributed by atoms with E-state index >= 15 is 0 Å². The molecule has 2 N–H and O–H groups in total. The van der Waals surface area contributed by atoms with E-state index in [4.69, 9.17) is 9.15 Å². The van der Waals surface area contributed by atoms with Crippen LogP contribution in [0.15, 0.2) is 64.7 Å². The van der Waals surface area contributed by atoms with E-state index in [2.05, 4.69) is 20.2 Å². The molecule has 1 unspecified atom stereocenters. The summed E-state index contributed by atoms with van der Waals surface area (Å²) < 4.78 is 36.1. The first-order valence-corrected chi connectivity index (χ1v) is 13.3. The number of aromatic nitrogens is 2. The van der Waals surface area contributed by atoms with E-state index < -0.39 is 27.8 Å². The third-order valence-electron chi connectivity index (χ3n) is 4.84. The van der Waals surface area contributed by atoms with E-state index in [1.54, 1.807) is 31.2 Å². The number of nitrogens with one attached hydrogen (secondary N) is 2. The SMILES string of the molecule is CCOC(=O)c1cc(-c2ccccc2)sc1NC(=O)c1nnc(C2C=C(NS(C)(=O)=O)C=CC2)o1. The van der Waals surface area contributed by atoms with E-state index in [9.17, 15) is 18.0 Å². The lowest BCUT2D eigenvalue weighted by atomic mass is 9.99. The molecule has 0 saturated carbocycles. The fourth-order valence-corrected chi connectivity index (χ4v) is 4.97. The number of nitrogens with zero attached hydrogens (tertiary/aromatic N) is 2. The summed E-state index contributed by atoms with van der Waals surface area (Å²) in [5, 5.41) is 10.8. The minimum atomic E-state index is -3.44. The van der Waals surface area contributed by atoms with Gasteiger partial charge in [-0.2, -0.15) is 0 Å². The summed E-state index contributed by atoms with van der Waals surface area (Å²) in [6.07, 6.45) is 6.60. The molecule has 0 fully saturated rings. The summed E-state index contributed by atoms with van der Waals surface area (Å²) >= 11 is 1.22. The lowest BCUT2D eigenvalue weighted by molar-refractivity contribution is 0.0528. The molecule has 182 valence electrons. The Kier molecular flexibility index (Phi) is 7.12. The van der Waals surface area contributed by atoms with Gasteiger partial charge in [0.05, 0.1) is 24.3 Å². The molecule has 2 heterocycles. The van der Waals surface area contributed by atoms with Gasteiger partial charge in [0, 0.05) is 10.6 Å². The van der Waals surface area contributed by atoms with Crippen molar-refractivity contribution in [2.45, 2.75) is 19.3 Å². The predicted molar refractivity (Wildman–Crippen MR) is 131 cm³/mol. The fourth-order valence-electron chi connectivity index (χ4n) is 3.36. The number of sulfonamides is 1. The van der Waals surface area contributed by atoms with E-state index in [0.717, 1.165) is 16.7 Å². The van der Waals surface area contributed by atoms with Crippen LogP contribution in [0.25, 0.3) is 10.4 Å². The molecule has 3 aromatic rings. The topological polar surface area (TPSA) is 140 Å². The van der Waals surface area contributed by atoms with E-state index in [1.165, 1.54) is 11.3 Å². The average Bonchev–Trinajstić information content (AvgIpc) is 3.47. The maximum atomic E-state index is 12.9. The third-order valence-corrected chi connectivity index (χ3v) is 6.54. The monoisotopic (exact) mass is 514 g/mol. The molecule has 1 aliphatic rings. The summed E-state index contributed by atoms with van der Waals surface area (Å²) in [4.78, 5) is 26.1. The number of ether oxygens (including phenoxy) is 1. The van der Waals surface area contributed by atoms with Crippen molar-refractivity contribution in [1.82, 2.24) is 14.9 Å². The highest BCUT2D eigenvalue weighted by Gasteiger charge is 2.25. The molecule has 0 saturated heterocycles. The van der Waals surface area contributed by atoms with Crippen molar-refractivity contribution in [1.29, 1.82) is 0 Å². The van der Waals surface area contributed by atoms with Crippen molar-refractivity contribution in [3.05, 3.63) is 77.7 Å². The van der Waals surface area contributed by atoms with E-state index in [-0.39, 0.29) is 24.0 Å². The molecule has 4 rings (SSSR count). The number of thiophene rings is 1. The van der Waals surface area contributed by atoms with E-state index in [0.29, 0.717) is 17.1 Å². The van der Waals surface area contributed by atoms with Gasteiger partial charge in [-0.1, -0.05) is 36.4 Å². The Bertz CT molecular complexity index is 1410. The Morgan fingerprint density at radius 2 is 2.00 bits per heavy atom. The molecule has 0 spiro atoms. The zero-order valence-electron chi connectivity index (χ0n) is 18.8. The summed E-state index contributed by atoms with van der Waals surface area (Å²) in [5.41, 5.74) is 1.49. The van der Waals surface area contributed by atoms with Crippen LogP contribution in [-0.4, -0.2) is 43.4 Å². The molecular formula is C23H22N4O6S2. The van der Waals surface area contributed by atoms with E-state index in [1.807, 2.05) is 30.3 Å². The number of hydrogen-bond acceptors (Lipinski definition) is 9. The molecule has 0 bridgehead atoms. The van der Waals surface area contributed by atoms with Crippen LogP contribution >= 0.6 is 11.3 Å². The molecule has 1 aromatic carbocycles. The van der Waals surface area contributed by atoms with Gasteiger partial charge in [0.2, 0.25) is 15.9 Å². The highest BCUT2D eigenvalue weighted by molar-refractivity contribution is 7.88. The van der Waals surface area contributed by atoms with Crippen LogP contribution in [0, 0.1) is 0 Å². The first kappa shape index (κ1) is 24.4. The normalized spacial score (nSPS) is 15.4. The van der Waals surface area contributed by atoms with Crippen LogP contribution in [0.3, 0.4) is 0 Å². The molecule has 10 nitrogen and oxygen atoms in total. The second-order valence-corrected chi connectivity index (χ2v) is 10.4. The smallest absolute Gasteiger partial charge is 0.341 e. The highest BCUT2D eigenvalue weighted by atomic mass is 32.2. The van der Waals surface area contributed by atoms with Gasteiger partial charge in [-0.05, 0) is 37.1 Å². The van der Waals surface area contributed by atoms with Crippen molar-refractivity contribution < 1.29 is 27.2 Å². The number of anilines is 1. The van der Waals surface area contributed by atoms with Crippen molar-refractivity contribution >= 4 is 38.2 Å². The minimum absolute atomic E-state index is 0.161. The minimum Gasteiger partial charge on any atom is -0.462 e. The maximum absolute atomic E-state index is 12.9. The lowest BCUT2D eigenvalue weighted by Crippen LogP contribution is -2.21. The maximum Gasteiger partial charge on any atom is 0.341 e. The van der Waals surface area contributed by atoms with Gasteiger partial charge in [-0.15, -0.1) is 21.5 Å². The molecule has 35 heavy (non-hydrogen) atoms. The Labute approximate surface area is 205 Å². The summed E-state index contributed by atoms with van der Waals surface area (Å²) in [7, 11) is -3.44. The number of carbonyl (C=O) groups excluding carboxylic acids is 2. The second-order valence-electron chi connectivity index (χ2n) is 7.58. The summed E-state index contributed by atoms with van der Waals surface area (Å²) in [6.45, 7) is 1.89. The summed E-state index contributed by atoms with van der Waals surface area (Å²) in [5.74, 6) is -1.77. The number of carbonyl (C=O) groups is 2. The molecule has 0 aliphatic heterocycles. The van der Waals surface area contributed by atoms with Crippen LogP contribution < -0.4 is 10.0 Å². The summed E-state index contributed by atoms with van der Waals surface area (Å²) in [6, 6.07) is 11.1. The largest absolute Gasteiger partial charge is 0.462 e. The van der Waals surface area contributed by atoms with Gasteiger partial charge in [0.15, 0.2) is 0 Å². The van der Waals surface area contributed by atoms with Crippen LogP contribution in [0.1, 0.15) is 46.2 Å². The molecule has 2 aromatic heterocycles. The Balaban J connectivity index is 1.55. The Morgan fingerprint density at radius 3 is 2.71 bits per heavy atom. The first-order chi connectivity index (χ1) is 16.7. The quantitative estimate of drug-likeness (QED) is 0.434.